The fourth-order valence-corrected chi connectivity index (χ4v) is 4.72. The summed E-state index contributed by atoms with van der Waals surface area (Å²) in [6.45, 7) is 10.4. The van der Waals surface area contributed by atoms with Gasteiger partial charge in [-0.05, 0) is 43.9 Å². The highest BCUT2D eigenvalue weighted by atomic mass is 16.1. The number of fused-ring (bicyclic) bond motifs is 4. The average Bonchev–Trinajstić information content (AvgIpc) is 3.16. The topological polar surface area (TPSA) is 64.8 Å². The smallest absolute Gasteiger partial charge is 0.260 e. The predicted molar refractivity (Wildman–Crippen MR) is 132 cm³/mol. The molecule has 0 aliphatic rings. The van der Waals surface area contributed by atoms with Gasteiger partial charge in [-0.25, -0.2) is 4.98 Å². The summed E-state index contributed by atoms with van der Waals surface area (Å²) in [5.74, 6) is 0.714. The van der Waals surface area contributed by atoms with Gasteiger partial charge >= 0.3 is 0 Å². The van der Waals surface area contributed by atoms with E-state index in [1.165, 1.54) is 36.5 Å². The molecule has 4 rings (SSSR count). The number of aromatic nitrogens is 3. The second kappa shape index (κ2) is 9.13. The molecule has 2 aromatic heterocycles. The molecule has 0 saturated carbocycles. The third kappa shape index (κ3) is 3.93. The minimum atomic E-state index is -0.0443. The minimum Gasteiger partial charge on any atom is -0.354 e. The van der Waals surface area contributed by atoms with Gasteiger partial charge in [-0.15, -0.1) is 0 Å². The Morgan fingerprint density at radius 1 is 0.871 bits per heavy atom. The van der Waals surface area contributed by atoms with Crippen LogP contribution in [0.15, 0.2) is 29.1 Å². The average molecular weight is 419 g/mol. The van der Waals surface area contributed by atoms with Crippen LogP contribution in [-0.4, -0.2) is 28.0 Å². The van der Waals surface area contributed by atoms with E-state index in [9.17, 15) is 4.79 Å². The molecule has 2 aromatic carbocycles. The molecule has 5 nitrogen and oxygen atoms in total. The highest BCUT2D eigenvalue weighted by Gasteiger charge is 2.19. The Kier molecular flexibility index (Phi) is 6.30. The quantitative estimate of drug-likeness (QED) is 0.311. The number of nitrogens with one attached hydrogen (secondary N) is 2. The van der Waals surface area contributed by atoms with Crippen LogP contribution in [0.3, 0.4) is 0 Å². The van der Waals surface area contributed by atoms with Crippen molar-refractivity contribution < 1.29 is 0 Å². The van der Waals surface area contributed by atoms with Gasteiger partial charge < -0.3 is 9.88 Å². The van der Waals surface area contributed by atoms with E-state index in [0.717, 1.165) is 53.6 Å². The summed E-state index contributed by atoms with van der Waals surface area (Å²) in [4.78, 5) is 27.2. The van der Waals surface area contributed by atoms with Crippen molar-refractivity contribution >= 4 is 38.7 Å². The largest absolute Gasteiger partial charge is 0.354 e. The maximum atomic E-state index is 13.3. The molecule has 0 bridgehead atoms. The highest BCUT2D eigenvalue weighted by molar-refractivity contribution is 6.15. The lowest BCUT2D eigenvalue weighted by Gasteiger charge is -2.24. The first kappa shape index (κ1) is 21.4. The molecular weight excluding hydrogens is 384 g/mol. The fraction of sp³-hybridized carbons (Fsp3) is 0.462. The summed E-state index contributed by atoms with van der Waals surface area (Å²) in [6, 6.07) is 8.33. The van der Waals surface area contributed by atoms with Crippen LogP contribution in [-0.2, 0) is 0 Å². The molecule has 0 fully saturated rings. The number of benzene rings is 2. The van der Waals surface area contributed by atoms with Crippen LogP contribution in [0, 0.1) is 13.8 Å². The molecule has 0 atom stereocenters. The van der Waals surface area contributed by atoms with Gasteiger partial charge in [0.05, 0.1) is 16.4 Å². The third-order valence-electron chi connectivity index (χ3n) is 6.46. The van der Waals surface area contributed by atoms with Crippen LogP contribution in [0.5, 0.6) is 0 Å². The number of hydrogen-bond acceptors (Lipinski definition) is 3. The van der Waals surface area contributed by atoms with Gasteiger partial charge in [-0.3, -0.25) is 9.78 Å². The van der Waals surface area contributed by atoms with Crippen LogP contribution in [0.4, 0.5) is 5.95 Å². The van der Waals surface area contributed by atoms with E-state index in [4.69, 9.17) is 4.98 Å². The van der Waals surface area contributed by atoms with E-state index in [2.05, 4.69) is 53.8 Å². The Morgan fingerprint density at radius 2 is 1.55 bits per heavy atom. The van der Waals surface area contributed by atoms with Crippen molar-refractivity contribution in [3.05, 3.63) is 45.7 Å². The molecule has 0 saturated heterocycles. The van der Waals surface area contributed by atoms with Crippen LogP contribution in [0.2, 0.25) is 0 Å². The molecule has 0 spiro atoms. The summed E-state index contributed by atoms with van der Waals surface area (Å²) < 4.78 is 0. The Balaban J connectivity index is 1.89. The number of para-hydroxylation sites is 1. The molecular formula is C26H34N4O. The predicted octanol–water partition coefficient (Wildman–Crippen LogP) is 6.36. The molecule has 5 heteroatoms. The van der Waals surface area contributed by atoms with E-state index >= 15 is 0 Å². The van der Waals surface area contributed by atoms with Crippen molar-refractivity contribution in [3.8, 4) is 0 Å². The van der Waals surface area contributed by atoms with Crippen molar-refractivity contribution in [1.29, 1.82) is 0 Å². The van der Waals surface area contributed by atoms with E-state index in [0.29, 0.717) is 11.3 Å². The van der Waals surface area contributed by atoms with Gasteiger partial charge in [0.25, 0.3) is 5.56 Å². The normalized spacial score (nSPS) is 11.7. The van der Waals surface area contributed by atoms with Crippen molar-refractivity contribution in [2.45, 2.75) is 66.2 Å². The summed E-state index contributed by atoms with van der Waals surface area (Å²) in [7, 11) is 0. The minimum absolute atomic E-state index is 0.0443. The monoisotopic (exact) mass is 418 g/mol. The number of nitrogens with zero attached hydrogens (tertiary/aromatic N) is 2. The molecule has 0 aliphatic carbocycles. The maximum absolute atomic E-state index is 13.3. The van der Waals surface area contributed by atoms with Crippen molar-refractivity contribution in [1.82, 2.24) is 15.0 Å². The zero-order valence-electron chi connectivity index (χ0n) is 19.3. The number of rotatable bonds is 9. The molecule has 4 aromatic rings. The van der Waals surface area contributed by atoms with E-state index in [1.807, 2.05) is 13.0 Å². The van der Waals surface area contributed by atoms with Gasteiger partial charge in [0.1, 0.15) is 0 Å². The van der Waals surface area contributed by atoms with E-state index in [1.54, 1.807) is 0 Å². The van der Waals surface area contributed by atoms with E-state index < -0.39 is 0 Å². The Hall–Kier alpha value is -2.82. The molecule has 0 unspecified atom stereocenters. The van der Waals surface area contributed by atoms with Crippen molar-refractivity contribution in [2.75, 3.05) is 18.0 Å². The fourth-order valence-electron chi connectivity index (χ4n) is 4.72. The first-order valence-electron chi connectivity index (χ1n) is 11.7. The first-order valence-corrected chi connectivity index (χ1v) is 11.7. The van der Waals surface area contributed by atoms with Gasteiger partial charge in [-0.1, -0.05) is 57.7 Å². The molecule has 2 heterocycles. The number of hydrogen-bond donors (Lipinski definition) is 2. The summed E-state index contributed by atoms with van der Waals surface area (Å²) >= 11 is 0. The van der Waals surface area contributed by atoms with Crippen LogP contribution >= 0.6 is 0 Å². The SMILES string of the molecule is CCCCCN(CCCCC)c1nc2c(C)c3c([nH]c4ccccc43)c(C)c2c(=O)[nH]1. The zero-order valence-corrected chi connectivity index (χ0v) is 19.3. The van der Waals surface area contributed by atoms with Crippen LogP contribution in [0.1, 0.15) is 63.5 Å². The number of unbranched alkanes of at least 4 members (excludes halogenated alkanes) is 4. The van der Waals surface area contributed by atoms with E-state index in [-0.39, 0.29) is 5.56 Å². The maximum Gasteiger partial charge on any atom is 0.260 e. The molecule has 0 amide bonds. The van der Waals surface area contributed by atoms with Gasteiger partial charge in [0, 0.05) is 29.4 Å². The van der Waals surface area contributed by atoms with Gasteiger partial charge in [-0.2, -0.15) is 0 Å². The standard InChI is InChI=1S/C26H34N4O/c1-5-7-11-15-30(16-12-8-6-2)26-28-24-17(3)21-19-13-9-10-14-20(19)27-23(21)18(4)22(24)25(31)29-26/h9-10,13-14,27H,5-8,11-12,15-16H2,1-4H3,(H,28,29,31). The van der Waals surface area contributed by atoms with Crippen molar-refractivity contribution in [2.24, 2.45) is 0 Å². The van der Waals surface area contributed by atoms with Crippen molar-refractivity contribution in [3.63, 3.8) is 0 Å². The highest BCUT2D eigenvalue weighted by Crippen LogP contribution is 2.35. The Bertz CT molecular complexity index is 1260. The second-order valence-corrected chi connectivity index (χ2v) is 8.68. The molecule has 0 aliphatic heterocycles. The van der Waals surface area contributed by atoms with Crippen LogP contribution < -0.4 is 10.5 Å². The molecule has 0 radical (unpaired) electrons. The summed E-state index contributed by atoms with van der Waals surface area (Å²) in [5.41, 5.74) is 4.95. The summed E-state index contributed by atoms with van der Waals surface area (Å²) in [5, 5.41) is 3.06. The first-order chi connectivity index (χ1) is 15.1. The second-order valence-electron chi connectivity index (χ2n) is 8.68. The van der Waals surface area contributed by atoms with Crippen LogP contribution in [0.25, 0.3) is 32.7 Å². The lowest BCUT2D eigenvalue weighted by molar-refractivity contribution is 0.626. The number of H-pyrrole nitrogens is 2. The summed E-state index contributed by atoms with van der Waals surface area (Å²) in [6.07, 6.45) is 6.97. The Morgan fingerprint density at radius 3 is 2.23 bits per heavy atom. The number of aryl methyl sites for hydroxylation is 2. The third-order valence-corrected chi connectivity index (χ3v) is 6.46. The Labute approximate surface area is 183 Å². The molecule has 164 valence electrons. The molecule has 31 heavy (non-hydrogen) atoms. The lowest BCUT2D eigenvalue weighted by atomic mass is 10.00. The number of anilines is 1. The zero-order chi connectivity index (χ0) is 22.0. The number of aromatic amines is 2. The van der Waals surface area contributed by atoms with Gasteiger partial charge in [0.15, 0.2) is 0 Å². The lowest BCUT2D eigenvalue weighted by Crippen LogP contribution is -2.30. The van der Waals surface area contributed by atoms with Gasteiger partial charge in [0.2, 0.25) is 5.95 Å². The molecule has 2 N–H and O–H groups in total.